The molecule has 1 aliphatic rings. The van der Waals surface area contributed by atoms with Gasteiger partial charge in [0.05, 0.1) is 0 Å². The highest BCUT2D eigenvalue weighted by Crippen LogP contribution is 2.25. The molecule has 0 aromatic heterocycles. The Balaban J connectivity index is 0.00000176. The molecule has 0 bridgehead atoms. The smallest absolute Gasteiger partial charge is 0.273 e. The van der Waals surface area contributed by atoms with E-state index in [1.165, 1.54) is 20.6 Å². The molecular formula is C17H18ClNO2S. The van der Waals surface area contributed by atoms with Crippen LogP contribution in [-0.4, -0.2) is 21.9 Å². The van der Waals surface area contributed by atoms with Crippen molar-refractivity contribution in [2.75, 3.05) is 5.75 Å². The average Bonchev–Trinajstić information content (AvgIpc) is 2.84. The zero-order valence-corrected chi connectivity index (χ0v) is 14.0. The van der Waals surface area contributed by atoms with Crippen molar-refractivity contribution in [1.82, 2.24) is 4.31 Å². The van der Waals surface area contributed by atoms with E-state index in [9.17, 15) is 9.59 Å². The van der Waals surface area contributed by atoms with Gasteiger partial charge in [-0.15, -0.1) is 0 Å². The molecule has 0 aliphatic carbocycles. The van der Waals surface area contributed by atoms with Gasteiger partial charge in [0.25, 0.3) is 11.8 Å². The quantitative estimate of drug-likeness (QED) is 0.585. The Morgan fingerprint density at radius 2 is 1.64 bits per heavy atom. The minimum Gasteiger partial charge on any atom is -1.00 e. The van der Waals surface area contributed by atoms with Gasteiger partial charge in [-0.2, -0.15) is 0 Å². The first-order valence-electron chi connectivity index (χ1n) is 7.20. The number of carbonyl (C=O) groups excluding carboxylic acids is 2. The van der Waals surface area contributed by atoms with Crippen molar-refractivity contribution >= 4 is 33.7 Å². The van der Waals surface area contributed by atoms with E-state index >= 15 is 0 Å². The molecule has 5 heteroatoms. The van der Waals surface area contributed by atoms with E-state index in [2.05, 4.69) is 24.3 Å². The van der Waals surface area contributed by atoms with Crippen molar-refractivity contribution in [3.8, 4) is 0 Å². The topological polar surface area (TPSA) is 37.4 Å². The van der Waals surface area contributed by atoms with Crippen LogP contribution in [0.2, 0.25) is 0 Å². The highest BCUT2D eigenvalue weighted by molar-refractivity contribution is 7.94. The summed E-state index contributed by atoms with van der Waals surface area (Å²) in [6, 6.07) is 14.5. The largest absolute Gasteiger partial charge is 1.00 e. The number of fused-ring (bicyclic) bond motifs is 1. The van der Waals surface area contributed by atoms with Gasteiger partial charge in [-0.05, 0) is 17.7 Å². The molecule has 116 valence electrons. The number of hydrogen-bond acceptors (Lipinski definition) is 2. The summed E-state index contributed by atoms with van der Waals surface area (Å²) in [7, 11) is 0. The van der Waals surface area contributed by atoms with Crippen molar-refractivity contribution in [1.29, 1.82) is 0 Å². The van der Waals surface area contributed by atoms with Gasteiger partial charge in [0.2, 0.25) is 0 Å². The molecule has 1 fully saturated rings. The zero-order chi connectivity index (χ0) is 14.8. The molecule has 1 atom stereocenters. The third-order valence-electron chi connectivity index (χ3n) is 3.80. The van der Waals surface area contributed by atoms with Crippen molar-refractivity contribution < 1.29 is 22.0 Å². The van der Waals surface area contributed by atoms with Crippen LogP contribution in [0, 0.1) is 0 Å². The summed E-state index contributed by atoms with van der Waals surface area (Å²) in [5, 5.41) is 2.42. The average molecular weight is 336 g/mol. The molecule has 3 nitrogen and oxygen atoms in total. The summed E-state index contributed by atoms with van der Waals surface area (Å²) in [5.41, 5.74) is 1.21. The molecule has 22 heavy (non-hydrogen) atoms. The highest BCUT2D eigenvalue weighted by atomic mass is 35.5. The molecule has 2 aromatic rings. The first-order chi connectivity index (χ1) is 10.2. The van der Waals surface area contributed by atoms with E-state index in [1.54, 1.807) is 0 Å². The number of hydrogen-bond donors (Lipinski definition) is 0. The van der Waals surface area contributed by atoms with Crippen LogP contribution in [0.15, 0.2) is 42.5 Å². The summed E-state index contributed by atoms with van der Waals surface area (Å²) >= 11 is -0.340. The van der Waals surface area contributed by atoms with E-state index in [0.29, 0.717) is 12.8 Å². The lowest BCUT2D eigenvalue weighted by atomic mass is 10.1. The third-order valence-corrected chi connectivity index (χ3v) is 6.03. The van der Waals surface area contributed by atoms with Crippen LogP contribution in [0.4, 0.5) is 0 Å². The van der Waals surface area contributed by atoms with E-state index in [4.69, 9.17) is 0 Å². The van der Waals surface area contributed by atoms with Gasteiger partial charge in [0.1, 0.15) is 16.8 Å². The lowest BCUT2D eigenvalue weighted by Crippen LogP contribution is -3.00. The molecule has 0 N–H and O–H groups in total. The van der Waals surface area contributed by atoms with E-state index in [0.717, 1.165) is 11.5 Å². The Hall–Kier alpha value is -1.52. The summed E-state index contributed by atoms with van der Waals surface area (Å²) in [6.45, 7) is 2.05. The second-order valence-corrected chi connectivity index (χ2v) is 7.27. The molecule has 0 radical (unpaired) electrons. The highest BCUT2D eigenvalue weighted by Gasteiger charge is 2.42. The third kappa shape index (κ3) is 3.13. The van der Waals surface area contributed by atoms with Gasteiger partial charge in [0, 0.05) is 18.4 Å². The molecule has 1 saturated heterocycles. The summed E-state index contributed by atoms with van der Waals surface area (Å²) < 4.78 is 1.52. The van der Waals surface area contributed by atoms with Gasteiger partial charge >= 0.3 is 0 Å². The number of halogens is 1. The van der Waals surface area contributed by atoms with Crippen LogP contribution in [0.3, 0.4) is 0 Å². The normalized spacial score (nSPS) is 16.0. The van der Waals surface area contributed by atoms with E-state index < -0.39 is 0 Å². The molecule has 2 amide bonds. The number of rotatable bonds is 4. The molecule has 0 saturated carbocycles. The minimum atomic E-state index is -0.340. The van der Waals surface area contributed by atoms with Crippen LogP contribution in [0.1, 0.15) is 25.3 Å². The van der Waals surface area contributed by atoms with Crippen molar-refractivity contribution in [2.24, 2.45) is 0 Å². The molecule has 1 heterocycles. The van der Waals surface area contributed by atoms with Crippen LogP contribution < -0.4 is 12.4 Å². The standard InChI is InChI=1S/C17H18NO2S.ClH/c1-2-21(18-16(19)10-11-17(18)20)12-14-8-5-7-13-6-3-4-9-15(13)14;/h3-9H,2,10-12H2,1H3;1H/q+1;/p-1. The molecular weight excluding hydrogens is 318 g/mol. The lowest BCUT2D eigenvalue weighted by Gasteiger charge is -2.15. The number of amides is 2. The predicted octanol–water partition coefficient (Wildman–Crippen LogP) is 0.0460. The Bertz CT molecular complexity index is 683. The second-order valence-electron chi connectivity index (χ2n) is 5.12. The molecule has 2 aromatic carbocycles. The van der Waals surface area contributed by atoms with Gasteiger partial charge < -0.3 is 12.4 Å². The van der Waals surface area contributed by atoms with Gasteiger partial charge in [-0.1, -0.05) is 46.8 Å². The molecule has 3 rings (SSSR count). The number of benzene rings is 2. The lowest BCUT2D eigenvalue weighted by molar-refractivity contribution is -0.132. The first kappa shape index (κ1) is 16.8. The fourth-order valence-corrected chi connectivity index (χ4v) is 4.70. The zero-order valence-electron chi connectivity index (χ0n) is 12.4. The maximum atomic E-state index is 12.0. The molecule has 0 spiro atoms. The van der Waals surface area contributed by atoms with Crippen LogP contribution >= 0.6 is 0 Å². The van der Waals surface area contributed by atoms with Gasteiger partial charge in [-0.3, -0.25) is 9.59 Å². The number of nitrogens with zero attached hydrogens (tertiary/aromatic N) is 1. The van der Waals surface area contributed by atoms with Crippen LogP contribution in [0.5, 0.6) is 0 Å². The summed E-state index contributed by atoms with van der Waals surface area (Å²) in [6.07, 6.45) is 0.746. The Kier molecular flexibility index (Phi) is 5.48. The number of carbonyl (C=O) groups is 2. The second kappa shape index (κ2) is 7.16. The Morgan fingerprint density at radius 3 is 2.32 bits per heavy atom. The number of imide groups is 1. The maximum absolute atomic E-state index is 12.0. The first-order valence-corrected chi connectivity index (χ1v) is 8.72. The fourth-order valence-electron chi connectivity index (χ4n) is 2.74. The predicted molar refractivity (Wildman–Crippen MR) is 86.6 cm³/mol. The van der Waals surface area contributed by atoms with Crippen LogP contribution in [0.25, 0.3) is 10.8 Å². The Morgan fingerprint density at radius 1 is 1.00 bits per heavy atom. The SMILES string of the molecule is CC[S+](Cc1cccc2ccccc12)N1C(=O)CCC1=O.[Cl-]. The minimum absolute atomic E-state index is 0. The Labute approximate surface area is 139 Å². The van der Waals surface area contributed by atoms with E-state index in [-0.39, 0.29) is 35.3 Å². The molecule has 1 aliphatic heterocycles. The monoisotopic (exact) mass is 335 g/mol. The van der Waals surface area contributed by atoms with Crippen molar-refractivity contribution in [2.45, 2.75) is 25.5 Å². The van der Waals surface area contributed by atoms with E-state index in [1.807, 2.05) is 25.1 Å². The summed E-state index contributed by atoms with van der Waals surface area (Å²) in [4.78, 5) is 23.9. The van der Waals surface area contributed by atoms with Crippen LogP contribution in [-0.2, 0) is 26.4 Å². The van der Waals surface area contributed by atoms with Gasteiger partial charge in [0.15, 0.2) is 5.75 Å². The molecule has 1 unspecified atom stereocenters. The maximum Gasteiger partial charge on any atom is 0.273 e. The van der Waals surface area contributed by atoms with Crippen molar-refractivity contribution in [3.63, 3.8) is 0 Å². The van der Waals surface area contributed by atoms with Crippen molar-refractivity contribution in [3.05, 3.63) is 48.0 Å². The summed E-state index contributed by atoms with van der Waals surface area (Å²) in [5.74, 6) is 1.56. The van der Waals surface area contributed by atoms with Gasteiger partial charge in [-0.25, -0.2) is 0 Å². The fraction of sp³-hybridized carbons (Fsp3) is 0.294.